The lowest BCUT2D eigenvalue weighted by Gasteiger charge is -2.01. The summed E-state index contributed by atoms with van der Waals surface area (Å²) >= 11 is 5.82. The smallest absolute Gasteiger partial charge is 0.167 e. The first kappa shape index (κ1) is 13.1. The Balaban J connectivity index is 1.85. The van der Waals surface area contributed by atoms with Gasteiger partial charge in [-0.05, 0) is 29.8 Å². The maximum atomic E-state index is 12.5. The lowest BCUT2D eigenvalue weighted by Crippen LogP contribution is -2.04. The summed E-state index contributed by atoms with van der Waals surface area (Å²) in [6.45, 7) is 0. The number of rotatable bonds is 4. The minimum absolute atomic E-state index is 0.0110. The molecule has 2 nitrogen and oxygen atoms in total. The van der Waals surface area contributed by atoms with Crippen LogP contribution in [0.15, 0.2) is 54.6 Å². The molecule has 100 valence electrons. The summed E-state index contributed by atoms with van der Waals surface area (Å²) in [5, 5.41) is 0.601. The van der Waals surface area contributed by atoms with Crippen LogP contribution >= 0.6 is 11.6 Å². The van der Waals surface area contributed by atoms with Crippen LogP contribution in [0.1, 0.15) is 21.8 Å². The van der Waals surface area contributed by atoms with Crippen molar-refractivity contribution in [2.75, 3.05) is 0 Å². The number of carbonyl (C=O) groups excluding carboxylic acids is 2. The van der Waals surface area contributed by atoms with Gasteiger partial charge in [-0.25, -0.2) is 0 Å². The molecule has 1 fully saturated rings. The zero-order valence-electron chi connectivity index (χ0n) is 10.7. The van der Waals surface area contributed by atoms with Gasteiger partial charge < -0.3 is 4.79 Å². The van der Waals surface area contributed by atoms with Crippen LogP contribution in [0.4, 0.5) is 0 Å². The van der Waals surface area contributed by atoms with Crippen LogP contribution in [0.25, 0.3) is 0 Å². The minimum atomic E-state index is -0.240. The average molecular weight is 285 g/mol. The number of hydrogen-bond acceptors (Lipinski definition) is 2. The van der Waals surface area contributed by atoms with Crippen LogP contribution in [-0.4, -0.2) is 12.1 Å². The van der Waals surface area contributed by atoms with Gasteiger partial charge in [0, 0.05) is 28.3 Å². The highest BCUT2D eigenvalue weighted by molar-refractivity contribution is 6.30. The number of aldehydes is 1. The van der Waals surface area contributed by atoms with E-state index in [-0.39, 0.29) is 23.5 Å². The number of carbonyl (C=O) groups is 2. The summed E-state index contributed by atoms with van der Waals surface area (Å²) in [6.07, 6.45) is 0.899. The molecular formula is C17H13ClO2. The normalized spacial score (nSPS) is 24.1. The van der Waals surface area contributed by atoms with E-state index in [1.165, 1.54) is 0 Å². The quantitative estimate of drug-likeness (QED) is 0.633. The fraction of sp³-hybridized carbons (Fsp3) is 0.176. The molecule has 0 aliphatic heterocycles. The second kappa shape index (κ2) is 5.22. The fourth-order valence-corrected chi connectivity index (χ4v) is 2.88. The highest BCUT2D eigenvalue weighted by Gasteiger charge is 2.55. The molecule has 1 saturated carbocycles. The van der Waals surface area contributed by atoms with Crippen molar-refractivity contribution in [3.05, 3.63) is 70.7 Å². The van der Waals surface area contributed by atoms with Gasteiger partial charge in [0.1, 0.15) is 6.29 Å². The van der Waals surface area contributed by atoms with Gasteiger partial charge >= 0.3 is 0 Å². The van der Waals surface area contributed by atoms with Gasteiger partial charge in [0.2, 0.25) is 0 Å². The molecule has 3 rings (SSSR count). The third-order valence-electron chi connectivity index (χ3n) is 3.85. The third-order valence-corrected chi connectivity index (χ3v) is 4.10. The van der Waals surface area contributed by atoms with Crippen molar-refractivity contribution in [1.82, 2.24) is 0 Å². The number of ketones is 1. The van der Waals surface area contributed by atoms with Crippen molar-refractivity contribution >= 4 is 23.7 Å². The van der Waals surface area contributed by atoms with Gasteiger partial charge in [-0.15, -0.1) is 0 Å². The maximum Gasteiger partial charge on any atom is 0.167 e. The van der Waals surface area contributed by atoms with Gasteiger partial charge in [-0.2, -0.15) is 0 Å². The van der Waals surface area contributed by atoms with Crippen molar-refractivity contribution in [1.29, 1.82) is 0 Å². The van der Waals surface area contributed by atoms with Crippen LogP contribution in [0.3, 0.4) is 0 Å². The molecular weight excluding hydrogens is 272 g/mol. The van der Waals surface area contributed by atoms with Crippen LogP contribution in [0.2, 0.25) is 5.02 Å². The van der Waals surface area contributed by atoms with E-state index in [2.05, 4.69) is 0 Å². The van der Waals surface area contributed by atoms with E-state index in [9.17, 15) is 9.59 Å². The fourth-order valence-electron chi connectivity index (χ4n) is 2.75. The molecule has 3 atom stereocenters. The monoisotopic (exact) mass is 284 g/mol. The first-order chi connectivity index (χ1) is 9.72. The average Bonchev–Trinajstić information content (AvgIpc) is 3.22. The first-order valence-electron chi connectivity index (χ1n) is 6.52. The number of benzene rings is 2. The predicted octanol–water partition coefficient (Wildman–Crippen LogP) is 3.75. The molecule has 3 heteroatoms. The molecule has 0 heterocycles. The van der Waals surface area contributed by atoms with Gasteiger partial charge in [0.15, 0.2) is 5.78 Å². The Hall–Kier alpha value is -1.93. The first-order valence-corrected chi connectivity index (χ1v) is 6.90. The molecule has 1 aliphatic carbocycles. The van der Waals surface area contributed by atoms with Crippen LogP contribution in [0.5, 0.6) is 0 Å². The van der Waals surface area contributed by atoms with Crippen molar-refractivity contribution in [2.24, 2.45) is 11.8 Å². The Morgan fingerprint density at radius 1 is 1.00 bits per heavy atom. The van der Waals surface area contributed by atoms with Gasteiger partial charge in [-0.1, -0.05) is 41.9 Å². The van der Waals surface area contributed by atoms with Gasteiger partial charge in [0.25, 0.3) is 0 Å². The van der Waals surface area contributed by atoms with E-state index in [1.807, 2.05) is 30.3 Å². The van der Waals surface area contributed by atoms with Crippen molar-refractivity contribution in [2.45, 2.75) is 5.92 Å². The Morgan fingerprint density at radius 2 is 1.65 bits per heavy atom. The lowest BCUT2D eigenvalue weighted by atomic mass is 10.0. The molecule has 2 aromatic rings. The summed E-state index contributed by atoms with van der Waals surface area (Å²) in [7, 11) is 0. The Morgan fingerprint density at radius 3 is 2.25 bits per heavy atom. The molecule has 0 spiro atoms. The molecule has 0 radical (unpaired) electrons. The van der Waals surface area contributed by atoms with Crippen LogP contribution in [-0.2, 0) is 4.79 Å². The summed E-state index contributed by atoms with van der Waals surface area (Å²) < 4.78 is 0. The molecule has 0 bridgehead atoms. The second-order valence-corrected chi connectivity index (χ2v) is 5.48. The minimum Gasteiger partial charge on any atom is -0.303 e. The predicted molar refractivity (Wildman–Crippen MR) is 78.0 cm³/mol. The van der Waals surface area contributed by atoms with Crippen molar-refractivity contribution in [3.63, 3.8) is 0 Å². The molecule has 2 aromatic carbocycles. The van der Waals surface area contributed by atoms with E-state index < -0.39 is 0 Å². The largest absolute Gasteiger partial charge is 0.303 e. The molecule has 0 unspecified atom stereocenters. The Bertz CT molecular complexity index is 634. The molecule has 20 heavy (non-hydrogen) atoms. The summed E-state index contributed by atoms with van der Waals surface area (Å²) in [4.78, 5) is 23.6. The molecule has 1 aliphatic rings. The number of halogens is 1. The molecule has 0 amide bonds. The van der Waals surface area contributed by atoms with Crippen molar-refractivity contribution in [3.8, 4) is 0 Å². The van der Waals surface area contributed by atoms with E-state index >= 15 is 0 Å². The molecule has 0 N–H and O–H groups in total. The van der Waals surface area contributed by atoms with E-state index in [1.54, 1.807) is 24.3 Å². The number of hydrogen-bond donors (Lipinski definition) is 0. The van der Waals surface area contributed by atoms with E-state index in [4.69, 9.17) is 11.6 Å². The van der Waals surface area contributed by atoms with Crippen LogP contribution < -0.4 is 0 Å². The van der Waals surface area contributed by atoms with E-state index in [0.29, 0.717) is 10.6 Å². The molecule has 0 aromatic heterocycles. The Labute approximate surface area is 122 Å². The summed E-state index contributed by atoms with van der Waals surface area (Å²) in [5.74, 6) is -0.416. The Kier molecular flexibility index (Phi) is 3.41. The second-order valence-electron chi connectivity index (χ2n) is 5.05. The highest BCUT2D eigenvalue weighted by atomic mass is 35.5. The summed E-state index contributed by atoms with van der Waals surface area (Å²) in [6, 6.07) is 16.6. The van der Waals surface area contributed by atoms with Gasteiger partial charge in [0.05, 0.1) is 0 Å². The molecule has 0 saturated heterocycles. The zero-order valence-corrected chi connectivity index (χ0v) is 11.5. The van der Waals surface area contributed by atoms with Crippen LogP contribution in [0, 0.1) is 11.8 Å². The van der Waals surface area contributed by atoms with Crippen molar-refractivity contribution < 1.29 is 9.59 Å². The maximum absolute atomic E-state index is 12.5. The number of Topliss-reactive ketones (excluding diaryl/α,β-unsaturated/α-hetero) is 1. The third kappa shape index (κ3) is 2.27. The standard InChI is InChI=1S/C17H13ClO2/c18-13-8-6-12(7-9-13)17(20)16-14(10-19)15(16)11-4-2-1-3-5-11/h1-10,14-16H/t14-,15-,16-/m1/s1. The van der Waals surface area contributed by atoms with Gasteiger partial charge in [-0.3, -0.25) is 4.79 Å². The summed E-state index contributed by atoms with van der Waals surface area (Å²) in [5.41, 5.74) is 1.67. The zero-order chi connectivity index (χ0) is 14.1. The van der Waals surface area contributed by atoms with E-state index in [0.717, 1.165) is 11.8 Å². The SMILES string of the molecule is O=C[C@H]1[C@@H](C(=O)c2ccc(Cl)cc2)[C@@H]1c1ccccc1. The topological polar surface area (TPSA) is 34.1 Å². The lowest BCUT2D eigenvalue weighted by molar-refractivity contribution is -0.109. The highest BCUT2D eigenvalue weighted by Crippen LogP contribution is 2.54.